The van der Waals surface area contributed by atoms with Crippen LogP contribution in [-0.4, -0.2) is 9.91 Å². The van der Waals surface area contributed by atoms with Crippen LogP contribution >= 0.6 is 0 Å². The zero-order valence-electron chi connectivity index (χ0n) is 11.3. The molecule has 104 valence electrons. The zero-order chi connectivity index (χ0) is 15.4. The van der Waals surface area contributed by atoms with E-state index in [-0.39, 0.29) is 22.5 Å². The molecule has 0 saturated carbocycles. The van der Waals surface area contributed by atoms with Gasteiger partial charge in [0.15, 0.2) is 0 Å². The second-order valence-electron chi connectivity index (χ2n) is 4.42. The van der Waals surface area contributed by atoms with E-state index in [1.165, 1.54) is 12.3 Å². The minimum absolute atomic E-state index is 0.0703. The highest BCUT2D eigenvalue weighted by Gasteiger charge is 2.19. The lowest BCUT2D eigenvalue weighted by Crippen LogP contribution is -2.05. The van der Waals surface area contributed by atoms with Crippen LogP contribution in [0.15, 0.2) is 42.7 Å². The smallest absolute Gasteiger partial charge is 0.278 e. The van der Waals surface area contributed by atoms with Crippen LogP contribution in [0.5, 0.6) is 0 Å². The quantitative estimate of drug-likeness (QED) is 0.528. The van der Waals surface area contributed by atoms with Crippen LogP contribution in [0.2, 0.25) is 0 Å². The molecule has 0 radical (unpaired) electrons. The van der Waals surface area contributed by atoms with Crippen molar-refractivity contribution in [1.82, 2.24) is 4.98 Å². The first-order valence-electron chi connectivity index (χ1n) is 6.10. The number of rotatable bonds is 3. The number of aryl methyl sites for hydroxylation is 1. The maximum absolute atomic E-state index is 11.1. The maximum atomic E-state index is 11.1. The molecule has 2 N–H and O–H groups in total. The van der Waals surface area contributed by atoms with E-state index < -0.39 is 4.92 Å². The van der Waals surface area contributed by atoms with Crippen molar-refractivity contribution in [2.45, 2.75) is 6.92 Å². The maximum Gasteiger partial charge on any atom is 0.278 e. The lowest BCUT2D eigenvalue weighted by Gasteiger charge is -2.08. The molecule has 0 bridgehead atoms. The molecule has 0 saturated heterocycles. The summed E-state index contributed by atoms with van der Waals surface area (Å²) in [7, 11) is 0. The largest absolute Gasteiger partial charge is 0.397 e. The molecule has 1 heterocycles. The fourth-order valence-electron chi connectivity index (χ4n) is 1.95. The highest BCUT2D eigenvalue weighted by molar-refractivity contribution is 5.97. The molecule has 0 atom stereocenters. The third kappa shape index (κ3) is 2.87. The van der Waals surface area contributed by atoms with Gasteiger partial charge in [-0.3, -0.25) is 15.1 Å². The van der Waals surface area contributed by atoms with Crippen molar-refractivity contribution >= 4 is 17.0 Å². The van der Waals surface area contributed by atoms with Crippen molar-refractivity contribution in [1.29, 1.82) is 5.26 Å². The second-order valence-corrected chi connectivity index (χ2v) is 4.42. The Morgan fingerprint density at radius 2 is 2.19 bits per heavy atom. The van der Waals surface area contributed by atoms with E-state index in [9.17, 15) is 15.4 Å². The Morgan fingerprint density at radius 1 is 1.43 bits per heavy atom. The van der Waals surface area contributed by atoms with Gasteiger partial charge in [0.05, 0.1) is 21.8 Å². The Labute approximate surface area is 121 Å². The van der Waals surface area contributed by atoms with Crippen LogP contribution in [0, 0.1) is 28.4 Å². The summed E-state index contributed by atoms with van der Waals surface area (Å²) in [6.45, 7) is 1.80. The number of aromatic nitrogens is 1. The summed E-state index contributed by atoms with van der Waals surface area (Å²) < 4.78 is 0. The van der Waals surface area contributed by atoms with Gasteiger partial charge in [-0.1, -0.05) is 12.1 Å². The summed E-state index contributed by atoms with van der Waals surface area (Å²) in [6.07, 6.45) is 3.07. The highest BCUT2D eigenvalue weighted by atomic mass is 16.6. The summed E-state index contributed by atoms with van der Waals surface area (Å²) >= 11 is 0. The van der Waals surface area contributed by atoms with E-state index in [1.54, 1.807) is 37.4 Å². The third-order valence-corrected chi connectivity index (χ3v) is 2.97. The topological polar surface area (TPSA) is 106 Å². The number of hydrogen-bond donors (Lipinski definition) is 1. The van der Waals surface area contributed by atoms with E-state index in [0.717, 1.165) is 5.56 Å². The van der Waals surface area contributed by atoms with Gasteiger partial charge < -0.3 is 5.73 Å². The molecule has 2 aromatic rings. The lowest BCUT2D eigenvalue weighted by molar-refractivity contribution is -0.385. The molecular weight excluding hydrogens is 268 g/mol. The van der Waals surface area contributed by atoms with E-state index in [4.69, 9.17) is 5.73 Å². The molecule has 21 heavy (non-hydrogen) atoms. The third-order valence-electron chi connectivity index (χ3n) is 2.97. The number of nitro groups is 1. The molecule has 2 rings (SSSR count). The summed E-state index contributed by atoms with van der Waals surface area (Å²) in [5.74, 6) is 0. The minimum Gasteiger partial charge on any atom is -0.397 e. The second kappa shape index (κ2) is 5.84. The molecule has 0 amide bonds. The molecule has 0 aliphatic carbocycles. The molecule has 6 heteroatoms. The number of pyridine rings is 1. The first-order chi connectivity index (χ1) is 10.0. The van der Waals surface area contributed by atoms with Gasteiger partial charge in [-0.25, -0.2) is 0 Å². The first kappa shape index (κ1) is 14.2. The zero-order valence-corrected chi connectivity index (χ0v) is 11.3. The number of benzene rings is 1. The summed E-state index contributed by atoms with van der Waals surface area (Å²) in [4.78, 5) is 14.5. The first-order valence-corrected chi connectivity index (χ1v) is 6.10. The molecule has 0 spiro atoms. The van der Waals surface area contributed by atoms with E-state index >= 15 is 0 Å². The number of allylic oxidation sites excluding steroid dienone is 1. The van der Waals surface area contributed by atoms with Crippen LogP contribution in [0.3, 0.4) is 0 Å². The minimum atomic E-state index is -0.514. The van der Waals surface area contributed by atoms with Gasteiger partial charge in [0.1, 0.15) is 6.07 Å². The van der Waals surface area contributed by atoms with Crippen LogP contribution in [-0.2, 0) is 0 Å². The number of nitrogens with zero attached hydrogens (tertiary/aromatic N) is 3. The lowest BCUT2D eigenvalue weighted by atomic mass is 9.99. The van der Waals surface area contributed by atoms with Crippen LogP contribution in [0.25, 0.3) is 11.3 Å². The van der Waals surface area contributed by atoms with Gasteiger partial charge in [-0.05, 0) is 24.6 Å². The van der Waals surface area contributed by atoms with E-state index in [2.05, 4.69) is 4.98 Å². The van der Waals surface area contributed by atoms with Crippen LogP contribution < -0.4 is 5.73 Å². The molecular formula is C15H12N4O2. The SMILES string of the molecule is Cc1ccc([N+](=O)[O-])c(/C(N)=C(/C#N)c2cccnc2)c1. The monoisotopic (exact) mass is 280 g/mol. The molecule has 0 aliphatic rings. The van der Waals surface area contributed by atoms with Crippen molar-refractivity contribution in [3.8, 4) is 6.07 Å². The highest BCUT2D eigenvalue weighted by Crippen LogP contribution is 2.29. The van der Waals surface area contributed by atoms with Gasteiger partial charge in [0.2, 0.25) is 0 Å². The van der Waals surface area contributed by atoms with Crippen molar-refractivity contribution in [3.05, 3.63) is 69.5 Å². The van der Waals surface area contributed by atoms with Gasteiger partial charge in [-0.15, -0.1) is 0 Å². The van der Waals surface area contributed by atoms with Crippen molar-refractivity contribution in [2.75, 3.05) is 0 Å². The predicted octanol–water partition coefficient (Wildman–Crippen LogP) is 2.65. The average Bonchev–Trinajstić information content (AvgIpc) is 2.48. The molecule has 0 fully saturated rings. The standard InChI is InChI=1S/C15H12N4O2/c1-10-4-5-14(19(20)21)12(7-10)15(17)13(8-16)11-3-2-6-18-9-11/h2-7,9H,17H2,1H3/b15-13+. The molecule has 0 unspecified atom stereocenters. The number of nitriles is 1. The summed E-state index contributed by atoms with van der Waals surface area (Å²) in [6, 6.07) is 9.96. The van der Waals surface area contributed by atoms with Crippen LogP contribution in [0.4, 0.5) is 5.69 Å². The number of nitrogens with two attached hydrogens (primary N) is 1. The van der Waals surface area contributed by atoms with E-state index in [1.807, 2.05) is 6.07 Å². The summed E-state index contributed by atoms with van der Waals surface area (Å²) in [5, 5.41) is 20.4. The molecule has 1 aromatic heterocycles. The molecule has 6 nitrogen and oxygen atoms in total. The van der Waals surface area contributed by atoms with Crippen LogP contribution in [0.1, 0.15) is 16.7 Å². The Kier molecular flexibility index (Phi) is 3.95. The number of nitro benzene ring substituents is 1. The number of hydrogen-bond acceptors (Lipinski definition) is 5. The fraction of sp³-hybridized carbons (Fsp3) is 0.0667. The van der Waals surface area contributed by atoms with Crippen molar-refractivity contribution in [2.24, 2.45) is 5.73 Å². The summed E-state index contributed by atoms with van der Waals surface area (Å²) in [5.41, 5.74) is 7.70. The van der Waals surface area contributed by atoms with Crippen molar-refractivity contribution < 1.29 is 4.92 Å². The molecule has 1 aromatic carbocycles. The Bertz CT molecular complexity index is 761. The molecule has 0 aliphatic heterocycles. The predicted molar refractivity (Wildman–Crippen MR) is 78.7 cm³/mol. The average molecular weight is 280 g/mol. The Balaban J connectivity index is 2.70. The normalized spacial score (nSPS) is 11.4. The Morgan fingerprint density at radius 3 is 2.76 bits per heavy atom. The van der Waals surface area contributed by atoms with Gasteiger partial charge in [-0.2, -0.15) is 5.26 Å². The van der Waals surface area contributed by atoms with Gasteiger partial charge in [0.25, 0.3) is 5.69 Å². The van der Waals surface area contributed by atoms with Gasteiger partial charge >= 0.3 is 0 Å². The van der Waals surface area contributed by atoms with Crippen molar-refractivity contribution in [3.63, 3.8) is 0 Å². The Hall–Kier alpha value is -3.20. The fourth-order valence-corrected chi connectivity index (χ4v) is 1.95. The van der Waals surface area contributed by atoms with Gasteiger partial charge in [0, 0.05) is 24.0 Å². The van der Waals surface area contributed by atoms with E-state index in [0.29, 0.717) is 5.56 Å².